The van der Waals surface area contributed by atoms with Gasteiger partial charge in [0.2, 0.25) is 5.88 Å². The summed E-state index contributed by atoms with van der Waals surface area (Å²) in [6.07, 6.45) is 0. The van der Waals surface area contributed by atoms with Crippen molar-refractivity contribution in [2.75, 3.05) is 7.11 Å². The summed E-state index contributed by atoms with van der Waals surface area (Å²) in [5.41, 5.74) is 6.54. The van der Waals surface area contributed by atoms with Crippen molar-refractivity contribution in [3.05, 3.63) is 22.8 Å². The maximum absolute atomic E-state index is 5.68. The van der Waals surface area contributed by atoms with E-state index >= 15 is 0 Å². The monoisotopic (exact) mass is 186 g/mol. The number of methoxy groups -OCH3 is 1. The molecule has 0 saturated carbocycles. The van der Waals surface area contributed by atoms with Crippen LogP contribution in [0.1, 0.15) is 18.5 Å². The number of ether oxygens (including phenoxy) is 1. The molecule has 12 heavy (non-hydrogen) atoms. The Kier molecular flexibility index (Phi) is 2.89. The quantitative estimate of drug-likeness (QED) is 0.717. The Morgan fingerprint density at radius 2 is 2.25 bits per heavy atom. The summed E-state index contributed by atoms with van der Waals surface area (Å²) in [6.45, 7) is 1.87. The van der Waals surface area contributed by atoms with Crippen molar-refractivity contribution in [1.82, 2.24) is 4.98 Å². The molecule has 0 fully saturated rings. The van der Waals surface area contributed by atoms with Crippen LogP contribution < -0.4 is 10.5 Å². The van der Waals surface area contributed by atoms with Gasteiger partial charge < -0.3 is 10.5 Å². The zero-order chi connectivity index (χ0) is 9.14. The largest absolute Gasteiger partial charge is 0.481 e. The molecule has 1 aromatic heterocycles. The first-order valence-corrected chi connectivity index (χ1v) is 3.99. The standard InChI is InChI=1S/C8H11ClN2O/c1-5(10)6-3-4-7(9)11-8(6)12-2/h3-5H,10H2,1-2H3/t5-/m1/s1. The second-order valence-corrected chi connectivity index (χ2v) is 2.91. The molecule has 0 amide bonds. The summed E-state index contributed by atoms with van der Waals surface area (Å²) in [7, 11) is 1.55. The molecule has 0 spiro atoms. The number of nitrogens with zero attached hydrogens (tertiary/aromatic N) is 1. The number of hydrogen-bond donors (Lipinski definition) is 1. The van der Waals surface area contributed by atoms with E-state index in [-0.39, 0.29) is 6.04 Å². The van der Waals surface area contributed by atoms with Gasteiger partial charge in [0.05, 0.1) is 7.11 Å². The first kappa shape index (κ1) is 9.29. The summed E-state index contributed by atoms with van der Waals surface area (Å²) in [5.74, 6) is 0.498. The van der Waals surface area contributed by atoms with Crippen molar-refractivity contribution >= 4 is 11.6 Å². The lowest BCUT2D eigenvalue weighted by Gasteiger charge is -2.09. The van der Waals surface area contributed by atoms with Gasteiger partial charge in [-0.05, 0) is 19.1 Å². The van der Waals surface area contributed by atoms with Crippen LogP contribution >= 0.6 is 11.6 Å². The molecule has 0 unspecified atom stereocenters. The highest BCUT2D eigenvalue weighted by Gasteiger charge is 2.08. The molecule has 0 saturated heterocycles. The molecule has 0 bridgehead atoms. The van der Waals surface area contributed by atoms with Crippen LogP contribution in [0.15, 0.2) is 12.1 Å². The van der Waals surface area contributed by atoms with E-state index in [2.05, 4.69) is 4.98 Å². The van der Waals surface area contributed by atoms with Crippen molar-refractivity contribution in [3.63, 3.8) is 0 Å². The maximum atomic E-state index is 5.68. The fourth-order valence-electron chi connectivity index (χ4n) is 0.939. The van der Waals surface area contributed by atoms with E-state index in [0.29, 0.717) is 11.0 Å². The van der Waals surface area contributed by atoms with Crippen LogP contribution in [0.3, 0.4) is 0 Å². The Morgan fingerprint density at radius 3 is 2.75 bits per heavy atom. The predicted octanol–water partition coefficient (Wildman–Crippen LogP) is 1.76. The molecule has 1 atom stereocenters. The Balaban J connectivity index is 3.11. The summed E-state index contributed by atoms with van der Waals surface area (Å²) in [4.78, 5) is 3.98. The number of halogens is 1. The van der Waals surface area contributed by atoms with Gasteiger partial charge in [0.25, 0.3) is 0 Å². The third-order valence-corrected chi connectivity index (χ3v) is 1.75. The van der Waals surface area contributed by atoms with Gasteiger partial charge in [0.1, 0.15) is 5.15 Å². The minimum atomic E-state index is -0.0929. The fourth-order valence-corrected chi connectivity index (χ4v) is 1.08. The smallest absolute Gasteiger partial charge is 0.219 e. The van der Waals surface area contributed by atoms with Gasteiger partial charge in [-0.2, -0.15) is 0 Å². The highest BCUT2D eigenvalue weighted by Crippen LogP contribution is 2.22. The van der Waals surface area contributed by atoms with Crippen LogP contribution in [0.2, 0.25) is 5.15 Å². The molecule has 0 radical (unpaired) electrons. The number of nitrogens with two attached hydrogens (primary N) is 1. The van der Waals surface area contributed by atoms with E-state index in [1.165, 1.54) is 0 Å². The van der Waals surface area contributed by atoms with Gasteiger partial charge in [-0.25, -0.2) is 4.98 Å². The predicted molar refractivity (Wildman–Crippen MR) is 48.4 cm³/mol. The molecule has 0 aromatic carbocycles. The molecule has 2 N–H and O–H groups in total. The topological polar surface area (TPSA) is 48.1 Å². The van der Waals surface area contributed by atoms with Gasteiger partial charge in [-0.15, -0.1) is 0 Å². The molecule has 66 valence electrons. The first-order valence-electron chi connectivity index (χ1n) is 3.61. The number of rotatable bonds is 2. The molecule has 0 aliphatic heterocycles. The van der Waals surface area contributed by atoms with Crippen molar-refractivity contribution < 1.29 is 4.74 Å². The van der Waals surface area contributed by atoms with Crippen molar-refractivity contribution in [2.45, 2.75) is 13.0 Å². The maximum Gasteiger partial charge on any atom is 0.219 e. The minimum Gasteiger partial charge on any atom is -0.481 e. The molecular formula is C8H11ClN2O. The molecule has 1 aromatic rings. The zero-order valence-corrected chi connectivity index (χ0v) is 7.80. The summed E-state index contributed by atoms with van der Waals surface area (Å²) in [6, 6.07) is 3.42. The Bertz CT molecular complexity index is 276. The molecule has 1 rings (SSSR count). The SMILES string of the molecule is COc1nc(Cl)ccc1[C@@H](C)N. The minimum absolute atomic E-state index is 0.0929. The zero-order valence-electron chi connectivity index (χ0n) is 7.04. The van der Waals surface area contributed by atoms with E-state index < -0.39 is 0 Å². The molecule has 0 aliphatic carbocycles. The molecule has 4 heteroatoms. The highest BCUT2D eigenvalue weighted by atomic mass is 35.5. The van der Waals surface area contributed by atoms with Crippen LogP contribution in [0.4, 0.5) is 0 Å². The van der Waals surface area contributed by atoms with Crippen molar-refractivity contribution in [2.24, 2.45) is 5.73 Å². The van der Waals surface area contributed by atoms with E-state index in [1.807, 2.05) is 13.0 Å². The summed E-state index contributed by atoms with van der Waals surface area (Å²) >= 11 is 5.67. The Morgan fingerprint density at radius 1 is 1.58 bits per heavy atom. The third kappa shape index (κ3) is 1.87. The van der Waals surface area contributed by atoms with Gasteiger partial charge in [0.15, 0.2) is 0 Å². The van der Waals surface area contributed by atoms with Crippen LogP contribution in [-0.4, -0.2) is 12.1 Å². The molecular weight excluding hydrogens is 176 g/mol. The highest BCUT2D eigenvalue weighted by molar-refractivity contribution is 6.29. The normalized spacial score (nSPS) is 12.7. The van der Waals surface area contributed by atoms with Gasteiger partial charge in [-0.3, -0.25) is 0 Å². The van der Waals surface area contributed by atoms with Crippen LogP contribution in [0.5, 0.6) is 5.88 Å². The van der Waals surface area contributed by atoms with Gasteiger partial charge in [0, 0.05) is 11.6 Å². The Labute approximate surface area is 76.5 Å². The lowest BCUT2D eigenvalue weighted by molar-refractivity contribution is 0.390. The number of hydrogen-bond acceptors (Lipinski definition) is 3. The van der Waals surface area contributed by atoms with E-state index in [9.17, 15) is 0 Å². The van der Waals surface area contributed by atoms with Crippen LogP contribution in [0, 0.1) is 0 Å². The van der Waals surface area contributed by atoms with E-state index in [0.717, 1.165) is 5.56 Å². The van der Waals surface area contributed by atoms with Crippen LogP contribution in [0.25, 0.3) is 0 Å². The second-order valence-electron chi connectivity index (χ2n) is 2.52. The van der Waals surface area contributed by atoms with Crippen molar-refractivity contribution in [1.29, 1.82) is 0 Å². The number of aromatic nitrogens is 1. The molecule has 3 nitrogen and oxygen atoms in total. The average molecular weight is 187 g/mol. The van der Waals surface area contributed by atoms with E-state index in [1.54, 1.807) is 13.2 Å². The summed E-state index contributed by atoms with van der Waals surface area (Å²) in [5, 5.41) is 0.413. The van der Waals surface area contributed by atoms with E-state index in [4.69, 9.17) is 22.1 Å². The van der Waals surface area contributed by atoms with Gasteiger partial charge in [-0.1, -0.05) is 11.6 Å². The lowest BCUT2D eigenvalue weighted by Crippen LogP contribution is -2.07. The molecule has 0 aliphatic rings. The molecule has 1 heterocycles. The second kappa shape index (κ2) is 3.74. The number of pyridine rings is 1. The first-order chi connectivity index (χ1) is 5.65. The van der Waals surface area contributed by atoms with Crippen molar-refractivity contribution in [3.8, 4) is 5.88 Å². The third-order valence-electron chi connectivity index (χ3n) is 1.54. The summed E-state index contributed by atoms with van der Waals surface area (Å²) < 4.78 is 5.01. The van der Waals surface area contributed by atoms with Gasteiger partial charge >= 0.3 is 0 Å². The Hall–Kier alpha value is -0.800. The fraction of sp³-hybridized carbons (Fsp3) is 0.375. The lowest BCUT2D eigenvalue weighted by atomic mass is 10.1. The average Bonchev–Trinajstić information content (AvgIpc) is 2.03. The van der Waals surface area contributed by atoms with Crippen LogP contribution in [-0.2, 0) is 0 Å².